The molecule has 0 rings (SSSR count). The second kappa shape index (κ2) is 7.34. The maximum absolute atomic E-state index is 10.1. The van der Waals surface area contributed by atoms with Crippen LogP contribution in [0.4, 0.5) is 0 Å². The van der Waals surface area contributed by atoms with E-state index in [0.717, 1.165) is 0 Å². The number of rotatable bonds is 7. The van der Waals surface area contributed by atoms with Gasteiger partial charge in [0.05, 0.1) is 12.6 Å². The number of nitrogens with one attached hydrogen (secondary N) is 1. The summed E-state index contributed by atoms with van der Waals surface area (Å²) in [5.41, 5.74) is 0. The molecule has 6 heteroatoms. The molecule has 0 aromatic rings. The largest absolute Gasteiger partial charge is 0.389 e. The first-order chi connectivity index (χ1) is 7.04. The molecule has 0 aliphatic carbocycles. The van der Waals surface area contributed by atoms with Crippen molar-refractivity contribution < 1.29 is 25.2 Å². The molecule has 0 aromatic carbocycles. The number of carbonyl (C=O) groups is 1. The average Bonchev–Trinajstić information content (AvgIpc) is 2.26. The van der Waals surface area contributed by atoms with Crippen LogP contribution in [0.25, 0.3) is 0 Å². The van der Waals surface area contributed by atoms with Crippen LogP contribution in [0.1, 0.15) is 0 Å². The van der Waals surface area contributed by atoms with Crippen molar-refractivity contribution in [1.29, 1.82) is 0 Å². The summed E-state index contributed by atoms with van der Waals surface area (Å²) in [5, 5.41) is 39.2. The number of carbonyl (C=O) groups excluding carboxylic acids is 1. The summed E-state index contributed by atoms with van der Waals surface area (Å²) in [6.45, 7) is 0.157. The maximum atomic E-state index is 10.1. The molecule has 0 heterocycles. The average molecular weight is 217 g/mol. The van der Waals surface area contributed by atoms with Gasteiger partial charge in [-0.25, -0.2) is 0 Å². The van der Waals surface area contributed by atoms with Crippen LogP contribution >= 0.6 is 0 Å². The van der Waals surface area contributed by atoms with Crippen molar-refractivity contribution in [3.8, 4) is 12.3 Å². The van der Waals surface area contributed by atoms with E-state index < -0.39 is 24.4 Å². The summed E-state index contributed by atoms with van der Waals surface area (Å²) < 4.78 is 0. The Labute approximate surface area is 87.5 Å². The van der Waals surface area contributed by atoms with E-state index in [1.807, 2.05) is 0 Å². The van der Waals surface area contributed by atoms with Crippen LogP contribution in [0.15, 0.2) is 0 Å². The minimum absolute atomic E-state index is 0.0476. The van der Waals surface area contributed by atoms with Crippen molar-refractivity contribution in [3.63, 3.8) is 0 Å². The molecule has 0 bridgehead atoms. The van der Waals surface area contributed by atoms with E-state index in [-0.39, 0.29) is 19.4 Å². The van der Waals surface area contributed by atoms with Gasteiger partial charge in [-0.3, -0.25) is 0 Å². The van der Waals surface area contributed by atoms with Crippen molar-refractivity contribution in [1.82, 2.24) is 5.32 Å². The van der Waals surface area contributed by atoms with Crippen LogP contribution in [-0.2, 0) is 4.79 Å². The lowest BCUT2D eigenvalue weighted by Gasteiger charge is -2.24. The number of aldehydes is 1. The van der Waals surface area contributed by atoms with E-state index in [2.05, 4.69) is 11.2 Å². The van der Waals surface area contributed by atoms with Crippen molar-refractivity contribution in [2.45, 2.75) is 24.4 Å². The van der Waals surface area contributed by atoms with Crippen LogP contribution in [0.2, 0.25) is 0 Å². The summed E-state index contributed by atoms with van der Waals surface area (Å²) in [5.74, 6) is 2.25. The van der Waals surface area contributed by atoms with E-state index in [4.69, 9.17) is 16.6 Å². The third-order valence-electron chi connectivity index (χ3n) is 1.81. The van der Waals surface area contributed by atoms with E-state index >= 15 is 0 Å². The number of aliphatic hydroxyl groups is 4. The fourth-order valence-electron chi connectivity index (χ4n) is 0.923. The van der Waals surface area contributed by atoms with E-state index in [9.17, 15) is 15.0 Å². The molecule has 0 spiro atoms. The zero-order valence-electron chi connectivity index (χ0n) is 8.08. The number of terminal acetylenes is 1. The van der Waals surface area contributed by atoms with Crippen molar-refractivity contribution >= 4 is 6.29 Å². The first kappa shape index (κ1) is 14.0. The molecule has 5 N–H and O–H groups in total. The SMILES string of the molecule is C#CCNC[C@@H](O)[C@H](O)[C@H](O)[C@@H](O)C=O. The Morgan fingerprint density at radius 2 is 1.87 bits per heavy atom. The summed E-state index contributed by atoms with van der Waals surface area (Å²) in [4.78, 5) is 10.1. The minimum Gasteiger partial charge on any atom is -0.389 e. The first-order valence-electron chi connectivity index (χ1n) is 4.36. The highest BCUT2D eigenvalue weighted by atomic mass is 16.4. The second-order valence-corrected chi connectivity index (χ2v) is 3.01. The zero-order valence-corrected chi connectivity index (χ0v) is 8.08. The van der Waals surface area contributed by atoms with Gasteiger partial charge >= 0.3 is 0 Å². The number of aliphatic hydroxyl groups excluding tert-OH is 4. The summed E-state index contributed by atoms with van der Waals surface area (Å²) >= 11 is 0. The highest BCUT2D eigenvalue weighted by molar-refractivity contribution is 5.56. The molecule has 0 saturated carbocycles. The van der Waals surface area contributed by atoms with Gasteiger partial charge in [-0.05, 0) is 0 Å². The van der Waals surface area contributed by atoms with Gasteiger partial charge < -0.3 is 30.5 Å². The van der Waals surface area contributed by atoms with Gasteiger partial charge in [0.1, 0.15) is 18.3 Å². The Hall–Kier alpha value is -0.970. The Morgan fingerprint density at radius 1 is 1.27 bits per heavy atom. The highest BCUT2D eigenvalue weighted by Crippen LogP contribution is 2.03. The van der Waals surface area contributed by atoms with Gasteiger partial charge in [-0.1, -0.05) is 5.92 Å². The minimum atomic E-state index is -1.72. The summed E-state index contributed by atoms with van der Waals surface area (Å²) in [6.07, 6.45) is -1.36. The maximum Gasteiger partial charge on any atom is 0.151 e. The van der Waals surface area contributed by atoms with E-state index in [0.29, 0.717) is 0 Å². The predicted molar refractivity (Wildman–Crippen MR) is 51.8 cm³/mol. The quantitative estimate of drug-likeness (QED) is 0.175. The molecule has 0 unspecified atom stereocenters. The highest BCUT2D eigenvalue weighted by Gasteiger charge is 2.29. The molecule has 0 amide bonds. The fraction of sp³-hybridized carbons (Fsp3) is 0.667. The van der Waals surface area contributed by atoms with Crippen molar-refractivity contribution in [2.75, 3.05) is 13.1 Å². The molecule has 4 atom stereocenters. The van der Waals surface area contributed by atoms with Crippen LogP contribution in [0, 0.1) is 12.3 Å². The zero-order chi connectivity index (χ0) is 11.8. The molecular weight excluding hydrogens is 202 g/mol. The molecule has 0 aliphatic rings. The normalized spacial score (nSPS) is 18.6. The van der Waals surface area contributed by atoms with Gasteiger partial charge in [0.15, 0.2) is 6.29 Å². The third kappa shape index (κ3) is 4.88. The van der Waals surface area contributed by atoms with Gasteiger partial charge in [0.2, 0.25) is 0 Å². The second-order valence-electron chi connectivity index (χ2n) is 3.01. The lowest BCUT2D eigenvalue weighted by Crippen LogP contribution is -2.48. The van der Waals surface area contributed by atoms with Crippen LogP contribution in [0.5, 0.6) is 0 Å². The van der Waals surface area contributed by atoms with Crippen LogP contribution in [0.3, 0.4) is 0 Å². The Bertz CT molecular complexity index is 227. The molecule has 0 aliphatic heterocycles. The smallest absolute Gasteiger partial charge is 0.151 e. The van der Waals surface area contributed by atoms with Gasteiger partial charge in [0, 0.05) is 6.54 Å². The Kier molecular flexibility index (Phi) is 6.86. The van der Waals surface area contributed by atoms with E-state index in [1.54, 1.807) is 0 Å². The van der Waals surface area contributed by atoms with Gasteiger partial charge in [0.25, 0.3) is 0 Å². The molecule has 6 nitrogen and oxygen atoms in total. The monoisotopic (exact) mass is 217 g/mol. The van der Waals surface area contributed by atoms with Crippen molar-refractivity contribution in [2.24, 2.45) is 0 Å². The predicted octanol–water partition coefficient (Wildman–Crippen LogP) is -3.15. The molecule has 0 saturated heterocycles. The fourth-order valence-corrected chi connectivity index (χ4v) is 0.923. The first-order valence-corrected chi connectivity index (χ1v) is 4.36. The third-order valence-corrected chi connectivity index (χ3v) is 1.81. The molecule has 0 aromatic heterocycles. The van der Waals surface area contributed by atoms with E-state index in [1.165, 1.54) is 0 Å². The van der Waals surface area contributed by atoms with Crippen molar-refractivity contribution in [3.05, 3.63) is 0 Å². The number of hydrogen-bond donors (Lipinski definition) is 5. The standard InChI is InChI=1S/C9H15NO5/c1-2-3-10-4-6(12)8(14)9(15)7(13)5-11/h1,5-10,12-15H,3-4H2/t6-,7+,8+,9-/m1/s1. The lowest BCUT2D eigenvalue weighted by atomic mass is 10.0. The topological polar surface area (TPSA) is 110 Å². The molecule has 0 radical (unpaired) electrons. The molecule has 0 fully saturated rings. The Morgan fingerprint density at radius 3 is 2.33 bits per heavy atom. The van der Waals surface area contributed by atoms with Gasteiger partial charge in [-0.2, -0.15) is 0 Å². The summed E-state index contributed by atoms with van der Waals surface area (Å²) in [6, 6.07) is 0. The molecular formula is C9H15NO5. The van der Waals surface area contributed by atoms with Crippen LogP contribution < -0.4 is 5.32 Å². The number of hydrogen-bond acceptors (Lipinski definition) is 6. The molecule has 15 heavy (non-hydrogen) atoms. The van der Waals surface area contributed by atoms with Crippen LogP contribution in [-0.4, -0.2) is 64.2 Å². The van der Waals surface area contributed by atoms with Gasteiger partial charge in [-0.15, -0.1) is 6.42 Å². The summed E-state index contributed by atoms with van der Waals surface area (Å²) in [7, 11) is 0. The lowest BCUT2D eigenvalue weighted by molar-refractivity contribution is -0.133. The Balaban J connectivity index is 4.01. The molecule has 86 valence electrons.